The highest BCUT2D eigenvalue weighted by Crippen LogP contribution is 2.34. The number of anilines is 1. The van der Waals surface area contributed by atoms with Crippen molar-refractivity contribution in [2.75, 3.05) is 11.9 Å². The van der Waals surface area contributed by atoms with Gasteiger partial charge >= 0.3 is 0 Å². The zero-order valence-corrected chi connectivity index (χ0v) is 11.9. The number of aromatic nitrogens is 4. The Morgan fingerprint density at radius 3 is 2.86 bits per heavy atom. The van der Waals surface area contributed by atoms with Crippen molar-refractivity contribution in [3.63, 3.8) is 0 Å². The van der Waals surface area contributed by atoms with E-state index in [4.69, 9.17) is 0 Å². The maximum absolute atomic E-state index is 11.8. The van der Waals surface area contributed by atoms with Gasteiger partial charge in [-0.1, -0.05) is 12.5 Å². The second-order valence-corrected chi connectivity index (χ2v) is 5.12. The van der Waals surface area contributed by atoms with Gasteiger partial charge in [-0.05, 0) is 25.0 Å². The monoisotopic (exact) mass is 300 g/mol. The third kappa shape index (κ3) is 3.27. The Balaban J connectivity index is 1.48. The molecule has 114 valence electrons. The normalized spacial score (nSPS) is 14.2. The SMILES string of the molecule is O=C(CNC(=O)c1ccccn1)Nc1n[nH]c(C2CCC2)n1. The highest BCUT2D eigenvalue weighted by atomic mass is 16.2. The smallest absolute Gasteiger partial charge is 0.270 e. The van der Waals surface area contributed by atoms with Crippen molar-refractivity contribution >= 4 is 17.8 Å². The first kappa shape index (κ1) is 14.2. The standard InChI is InChI=1S/C14H16N6O2/c21-11(8-16-13(22)10-6-1-2-7-15-10)17-14-18-12(19-20-14)9-4-3-5-9/h1-2,6-7,9H,3-5,8H2,(H,16,22)(H2,17,18,19,20,21). The minimum atomic E-state index is -0.402. The van der Waals surface area contributed by atoms with E-state index in [1.807, 2.05) is 0 Å². The number of rotatable bonds is 5. The van der Waals surface area contributed by atoms with E-state index in [1.165, 1.54) is 12.6 Å². The lowest BCUT2D eigenvalue weighted by atomic mass is 9.85. The average molecular weight is 300 g/mol. The lowest BCUT2D eigenvalue weighted by Gasteiger charge is -2.22. The van der Waals surface area contributed by atoms with Gasteiger partial charge in [-0.25, -0.2) is 0 Å². The average Bonchev–Trinajstić information content (AvgIpc) is 2.91. The van der Waals surface area contributed by atoms with Gasteiger partial charge in [0.1, 0.15) is 11.5 Å². The molecule has 2 aromatic heterocycles. The molecule has 3 rings (SSSR count). The first-order chi connectivity index (χ1) is 10.7. The van der Waals surface area contributed by atoms with E-state index in [2.05, 4.69) is 30.8 Å². The Morgan fingerprint density at radius 1 is 1.32 bits per heavy atom. The third-order valence-electron chi connectivity index (χ3n) is 3.55. The summed E-state index contributed by atoms with van der Waals surface area (Å²) in [5, 5.41) is 11.8. The van der Waals surface area contributed by atoms with Crippen molar-refractivity contribution in [3.8, 4) is 0 Å². The van der Waals surface area contributed by atoms with Gasteiger partial charge in [0.05, 0.1) is 6.54 Å². The largest absolute Gasteiger partial charge is 0.342 e. The summed E-state index contributed by atoms with van der Waals surface area (Å²) in [6.45, 7) is -0.164. The number of nitrogens with one attached hydrogen (secondary N) is 3. The number of amides is 2. The van der Waals surface area contributed by atoms with Crippen LogP contribution in [0, 0.1) is 0 Å². The molecule has 22 heavy (non-hydrogen) atoms. The van der Waals surface area contributed by atoms with Gasteiger partial charge in [0.25, 0.3) is 5.91 Å². The summed E-state index contributed by atoms with van der Waals surface area (Å²) < 4.78 is 0. The highest BCUT2D eigenvalue weighted by molar-refractivity contribution is 5.97. The first-order valence-electron chi connectivity index (χ1n) is 7.14. The number of hydrogen-bond acceptors (Lipinski definition) is 5. The molecule has 0 aromatic carbocycles. The molecule has 0 aliphatic heterocycles. The minimum absolute atomic E-state index is 0.164. The van der Waals surface area contributed by atoms with Crippen molar-refractivity contribution in [1.29, 1.82) is 0 Å². The van der Waals surface area contributed by atoms with Crippen molar-refractivity contribution in [1.82, 2.24) is 25.5 Å². The Labute approximate surface area is 126 Å². The molecule has 0 radical (unpaired) electrons. The van der Waals surface area contributed by atoms with E-state index < -0.39 is 5.91 Å². The molecule has 2 aromatic rings. The Bertz CT molecular complexity index is 665. The predicted octanol–water partition coefficient (Wildman–Crippen LogP) is 0.836. The number of H-pyrrole nitrogens is 1. The second kappa shape index (κ2) is 6.33. The quantitative estimate of drug-likeness (QED) is 0.757. The molecule has 2 heterocycles. The van der Waals surface area contributed by atoms with Gasteiger partial charge in [-0.2, -0.15) is 4.98 Å². The van der Waals surface area contributed by atoms with Crippen LogP contribution in [-0.2, 0) is 4.79 Å². The summed E-state index contributed by atoms with van der Waals surface area (Å²) in [5.74, 6) is 0.671. The van der Waals surface area contributed by atoms with Crippen LogP contribution in [0.15, 0.2) is 24.4 Å². The molecular formula is C14H16N6O2. The van der Waals surface area contributed by atoms with Crippen molar-refractivity contribution in [3.05, 3.63) is 35.9 Å². The maximum atomic E-state index is 11.8. The van der Waals surface area contributed by atoms with Crippen molar-refractivity contribution in [2.24, 2.45) is 0 Å². The van der Waals surface area contributed by atoms with Gasteiger partial charge in [0, 0.05) is 12.1 Å². The van der Waals surface area contributed by atoms with Crippen molar-refractivity contribution in [2.45, 2.75) is 25.2 Å². The van der Waals surface area contributed by atoms with E-state index in [1.54, 1.807) is 18.2 Å². The molecule has 0 atom stereocenters. The Hall–Kier alpha value is -2.77. The van der Waals surface area contributed by atoms with E-state index in [9.17, 15) is 9.59 Å². The van der Waals surface area contributed by atoms with Crippen LogP contribution in [0.4, 0.5) is 5.95 Å². The maximum Gasteiger partial charge on any atom is 0.270 e. The van der Waals surface area contributed by atoms with Crippen LogP contribution in [0.3, 0.4) is 0 Å². The first-order valence-corrected chi connectivity index (χ1v) is 7.14. The van der Waals surface area contributed by atoms with Gasteiger partial charge in [0.2, 0.25) is 11.9 Å². The van der Waals surface area contributed by atoms with Gasteiger partial charge in [-0.3, -0.25) is 25.0 Å². The molecule has 0 unspecified atom stereocenters. The molecular weight excluding hydrogens is 284 g/mol. The van der Waals surface area contributed by atoms with E-state index >= 15 is 0 Å². The van der Waals surface area contributed by atoms with Crippen LogP contribution < -0.4 is 10.6 Å². The molecule has 1 saturated carbocycles. The minimum Gasteiger partial charge on any atom is -0.342 e. The number of nitrogens with zero attached hydrogens (tertiary/aromatic N) is 3. The fourth-order valence-electron chi connectivity index (χ4n) is 2.11. The highest BCUT2D eigenvalue weighted by Gasteiger charge is 2.23. The Morgan fingerprint density at radius 2 is 2.18 bits per heavy atom. The van der Waals surface area contributed by atoms with Crippen LogP contribution in [0.25, 0.3) is 0 Å². The van der Waals surface area contributed by atoms with Crippen molar-refractivity contribution < 1.29 is 9.59 Å². The molecule has 0 spiro atoms. The van der Waals surface area contributed by atoms with Crippen LogP contribution in [0.1, 0.15) is 41.5 Å². The van der Waals surface area contributed by atoms with E-state index in [-0.39, 0.29) is 24.1 Å². The third-order valence-corrected chi connectivity index (χ3v) is 3.55. The topological polar surface area (TPSA) is 113 Å². The molecule has 1 fully saturated rings. The summed E-state index contributed by atoms with van der Waals surface area (Å²) in [5.41, 5.74) is 0.264. The zero-order chi connectivity index (χ0) is 15.4. The van der Waals surface area contributed by atoms with Crippen LogP contribution >= 0.6 is 0 Å². The molecule has 0 saturated heterocycles. The van der Waals surface area contributed by atoms with Crippen LogP contribution in [-0.4, -0.2) is 38.5 Å². The summed E-state index contributed by atoms with van der Waals surface area (Å²) >= 11 is 0. The molecule has 1 aliphatic carbocycles. The summed E-state index contributed by atoms with van der Waals surface area (Å²) in [6, 6.07) is 5.00. The summed E-state index contributed by atoms with van der Waals surface area (Å²) in [6.07, 6.45) is 4.92. The van der Waals surface area contributed by atoms with Gasteiger partial charge < -0.3 is 5.32 Å². The van der Waals surface area contributed by atoms with Crippen LogP contribution in [0.5, 0.6) is 0 Å². The fourth-order valence-corrected chi connectivity index (χ4v) is 2.11. The Kier molecular flexibility index (Phi) is 4.08. The van der Waals surface area contributed by atoms with Crippen LogP contribution in [0.2, 0.25) is 0 Å². The van der Waals surface area contributed by atoms with Gasteiger partial charge in [-0.15, -0.1) is 5.10 Å². The molecule has 8 nitrogen and oxygen atoms in total. The zero-order valence-electron chi connectivity index (χ0n) is 11.9. The summed E-state index contributed by atoms with van der Waals surface area (Å²) in [4.78, 5) is 31.7. The summed E-state index contributed by atoms with van der Waals surface area (Å²) in [7, 11) is 0. The number of carbonyl (C=O) groups is 2. The molecule has 1 aliphatic rings. The second-order valence-electron chi connectivity index (χ2n) is 5.12. The van der Waals surface area contributed by atoms with Gasteiger partial charge in [0.15, 0.2) is 0 Å². The number of hydrogen-bond donors (Lipinski definition) is 3. The fraction of sp³-hybridized carbons (Fsp3) is 0.357. The predicted molar refractivity (Wildman–Crippen MR) is 78.2 cm³/mol. The molecule has 3 N–H and O–H groups in total. The lowest BCUT2D eigenvalue weighted by Crippen LogP contribution is -2.33. The molecule has 2 amide bonds. The molecule has 8 heteroatoms. The number of carbonyl (C=O) groups excluding carboxylic acids is 2. The number of pyridine rings is 1. The van der Waals surface area contributed by atoms with E-state index in [0.717, 1.165) is 18.7 Å². The lowest BCUT2D eigenvalue weighted by molar-refractivity contribution is -0.115. The number of aromatic amines is 1. The van der Waals surface area contributed by atoms with E-state index in [0.29, 0.717) is 5.92 Å². The molecule has 0 bridgehead atoms.